The number of nitro groups is 2. The maximum absolute atomic E-state index is 12.0. The highest BCUT2D eigenvalue weighted by atomic mass is 32.2. The van der Waals surface area contributed by atoms with Crippen molar-refractivity contribution in [2.24, 2.45) is 5.73 Å². The molecule has 2 amide bonds. The van der Waals surface area contributed by atoms with Crippen LogP contribution in [-0.2, 0) is 4.79 Å². The molecular formula is C15H12N4O6S. The normalized spacial score (nSPS) is 10.2. The van der Waals surface area contributed by atoms with E-state index in [0.29, 0.717) is 0 Å². The van der Waals surface area contributed by atoms with E-state index in [1.54, 1.807) is 0 Å². The molecule has 11 heteroatoms. The van der Waals surface area contributed by atoms with Gasteiger partial charge in [-0.3, -0.25) is 29.8 Å². The molecular weight excluding hydrogens is 364 g/mol. The largest absolute Gasteiger partial charge is 0.366 e. The van der Waals surface area contributed by atoms with E-state index in [1.165, 1.54) is 36.4 Å². The Labute approximate surface area is 150 Å². The summed E-state index contributed by atoms with van der Waals surface area (Å²) in [4.78, 5) is 43.8. The maximum Gasteiger partial charge on any atom is 0.283 e. The number of nitrogens with one attached hydrogen (secondary N) is 1. The highest BCUT2D eigenvalue weighted by molar-refractivity contribution is 8.00. The van der Waals surface area contributed by atoms with Gasteiger partial charge in [0.2, 0.25) is 11.8 Å². The predicted molar refractivity (Wildman–Crippen MR) is 94.1 cm³/mol. The van der Waals surface area contributed by atoms with Gasteiger partial charge in [-0.05, 0) is 18.2 Å². The number of nitrogens with zero attached hydrogens (tertiary/aromatic N) is 2. The van der Waals surface area contributed by atoms with E-state index in [9.17, 15) is 29.8 Å². The van der Waals surface area contributed by atoms with Crippen molar-refractivity contribution >= 4 is 40.6 Å². The fourth-order valence-corrected chi connectivity index (χ4v) is 2.78. The number of thioether (sulfide) groups is 1. The van der Waals surface area contributed by atoms with Crippen LogP contribution in [0.15, 0.2) is 47.4 Å². The number of hydrogen-bond donors (Lipinski definition) is 2. The van der Waals surface area contributed by atoms with Gasteiger partial charge in [0.25, 0.3) is 11.4 Å². The third kappa shape index (κ3) is 4.77. The lowest BCUT2D eigenvalue weighted by molar-refractivity contribution is -0.387. The molecule has 0 saturated heterocycles. The molecule has 26 heavy (non-hydrogen) atoms. The third-order valence-corrected chi connectivity index (χ3v) is 4.20. The van der Waals surface area contributed by atoms with Crippen LogP contribution in [0.25, 0.3) is 0 Å². The van der Waals surface area contributed by atoms with Crippen molar-refractivity contribution in [3.63, 3.8) is 0 Å². The molecule has 0 aliphatic carbocycles. The minimum Gasteiger partial charge on any atom is -0.366 e. The zero-order valence-electron chi connectivity index (χ0n) is 13.1. The Kier molecular flexibility index (Phi) is 5.86. The number of non-ortho nitro benzene ring substituents is 1. The fraction of sp³-hybridized carbons (Fsp3) is 0.0667. The van der Waals surface area contributed by atoms with Gasteiger partial charge in [-0.1, -0.05) is 6.07 Å². The Hall–Kier alpha value is -3.47. The van der Waals surface area contributed by atoms with Gasteiger partial charge in [0.05, 0.1) is 20.5 Å². The van der Waals surface area contributed by atoms with E-state index in [2.05, 4.69) is 5.32 Å². The van der Waals surface area contributed by atoms with Gasteiger partial charge >= 0.3 is 0 Å². The molecule has 0 unspecified atom stereocenters. The van der Waals surface area contributed by atoms with Crippen LogP contribution in [0.2, 0.25) is 0 Å². The summed E-state index contributed by atoms with van der Waals surface area (Å²) in [5.74, 6) is -1.46. The first-order chi connectivity index (χ1) is 12.3. The topological polar surface area (TPSA) is 158 Å². The van der Waals surface area contributed by atoms with E-state index in [-0.39, 0.29) is 33.3 Å². The summed E-state index contributed by atoms with van der Waals surface area (Å²) in [6, 6.07) is 9.11. The Morgan fingerprint density at radius 2 is 1.81 bits per heavy atom. The third-order valence-electron chi connectivity index (χ3n) is 3.14. The Morgan fingerprint density at radius 1 is 1.08 bits per heavy atom. The van der Waals surface area contributed by atoms with Crippen LogP contribution in [0.5, 0.6) is 0 Å². The lowest BCUT2D eigenvalue weighted by atomic mass is 10.2. The van der Waals surface area contributed by atoms with Gasteiger partial charge in [0.15, 0.2) is 0 Å². The highest BCUT2D eigenvalue weighted by Crippen LogP contribution is 2.30. The van der Waals surface area contributed by atoms with Gasteiger partial charge in [0.1, 0.15) is 0 Å². The van der Waals surface area contributed by atoms with E-state index < -0.39 is 21.7 Å². The standard InChI is InChI=1S/C15H12N4O6S/c16-15(21)9-4-5-13(12(6-9)19(24)25)26-8-14(20)17-10-2-1-3-11(7-10)18(22)23/h1-7H,8H2,(H2,16,21)(H,17,20). The van der Waals surface area contributed by atoms with Crippen molar-refractivity contribution in [3.05, 3.63) is 68.3 Å². The van der Waals surface area contributed by atoms with Crippen LogP contribution in [0.3, 0.4) is 0 Å². The zero-order valence-corrected chi connectivity index (χ0v) is 13.9. The van der Waals surface area contributed by atoms with Gasteiger partial charge in [-0.25, -0.2) is 0 Å². The van der Waals surface area contributed by atoms with Gasteiger partial charge in [-0.2, -0.15) is 0 Å². The lowest BCUT2D eigenvalue weighted by Crippen LogP contribution is -2.14. The first-order valence-corrected chi connectivity index (χ1v) is 8.02. The SMILES string of the molecule is NC(=O)c1ccc(SCC(=O)Nc2cccc([N+](=O)[O-])c2)c([N+](=O)[O-])c1. The summed E-state index contributed by atoms with van der Waals surface area (Å²) in [6.45, 7) is 0. The number of hydrogen-bond acceptors (Lipinski definition) is 7. The first kappa shape index (κ1) is 18.9. The van der Waals surface area contributed by atoms with Crippen LogP contribution in [0.4, 0.5) is 17.1 Å². The lowest BCUT2D eigenvalue weighted by Gasteiger charge is -2.06. The minimum absolute atomic E-state index is 0.0119. The molecule has 0 heterocycles. The number of carbonyl (C=O) groups excluding carboxylic acids is 2. The summed E-state index contributed by atoms with van der Waals surface area (Å²) >= 11 is 0.894. The molecule has 2 aromatic carbocycles. The molecule has 0 fully saturated rings. The average Bonchev–Trinajstić information content (AvgIpc) is 2.59. The van der Waals surface area contributed by atoms with Crippen molar-refractivity contribution in [2.75, 3.05) is 11.1 Å². The zero-order chi connectivity index (χ0) is 19.3. The molecule has 2 rings (SSSR count). The number of primary amides is 1. The van der Waals surface area contributed by atoms with Crippen LogP contribution in [0, 0.1) is 20.2 Å². The number of benzene rings is 2. The quantitative estimate of drug-likeness (QED) is 0.426. The van der Waals surface area contributed by atoms with Crippen molar-refractivity contribution in [3.8, 4) is 0 Å². The summed E-state index contributed by atoms with van der Waals surface area (Å²) < 4.78 is 0. The van der Waals surface area contributed by atoms with Gasteiger partial charge < -0.3 is 11.1 Å². The maximum atomic E-state index is 12.0. The van der Waals surface area contributed by atoms with Crippen molar-refractivity contribution < 1.29 is 19.4 Å². The van der Waals surface area contributed by atoms with Crippen LogP contribution >= 0.6 is 11.8 Å². The molecule has 2 aromatic rings. The van der Waals surface area contributed by atoms with E-state index in [0.717, 1.165) is 17.8 Å². The fourth-order valence-electron chi connectivity index (χ4n) is 1.97. The van der Waals surface area contributed by atoms with E-state index >= 15 is 0 Å². The molecule has 0 saturated carbocycles. The van der Waals surface area contributed by atoms with Crippen molar-refractivity contribution in [1.82, 2.24) is 0 Å². The molecule has 0 radical (unpaired) electrons. The Balaban J connectivity index is 2.07. The molecule has 0 spiro atoms. The second-order valence-corrected chi connectivity index (χ2v) is 5.97. The molecule has 0 atom stereocenters. The Bertz CT molecular complexity index is 901. The monoisotopic (exact) mass is 376 g/mol. The summed E-state index contributed by atoms with van der Waals surface area (Å²) in [5, 5.41) is 24.3. The minimum atomic E-state index is -0.798. The molecule has 0 bridgehead atoms. The van der Waals surface area contributed by atoms with Gasteiger partial charge in [-0.15, -0.1) is 11.8 Å². The average molecular weight is 376 g/mol. The number of anilines is 1. The summed E-state index contributed by atoms with van der Waals surface area (Å²) in [5.41, 5.74) is 4.81. The van der Waals surface area contributed by atoms with Crippen LogP contribution < -0.4 is 11.1 Å². The van der Waals surface area contributed by atoms with Crippen LogP contribution in [0.1, 0.15) is 10.4 Å². The highest BCUT2D eigenvalue weighted by Gasteiger charge is 2.18. The number of nitrogens with two attached hydrogens (primary N) is 1. The second-order valence-electron chi connectivity index (χ2n) is 4.95. The number of nitro benzene ring substituents is 2. The number of carbonyl (C=O) groups is 2. The molecule has 3 N–H and O–H groups in total. The summed E-state index contributed by atoms with van der Waals surface area (Å²) in [6.07, 6.45) is 0. The smallest absolute Gasteiger partial charge is 0.283 e. The number of amides is 2. The van der Waals surface area contributed by atoms with E-state index in [4.69, 9.17) is 5.73 Å². The van der Waals surface area contributed by atoms with Crippen molar-refractivity contribution in [1.29, 1.82) is 0 Å². The molecule has 0 aromatic heterocycles. The number of rotatable bonds is 7. The molecule has 0 aliphatic heterocycles. The van der Waals surface area contributed by atoms with Gasteiger partial charge in [0, 0.05) is 29.4 Å². The molecule has 10 nitrogen and oxygen atoms in total. The first-order valence-electron chi connectivity index (χ1n) is 7.03. The predicted octanol–water partition coefficient (Wildman–Crippen LogP) is 2.33. The van der Waals surface area contributed by atoms with E-state index in [1.807, 2.05) is 0 Å². The second kappa shape index (κ2) is 8.07. The van der Waals surface area contributed by atoms with Crippen LogP contribution in [-0.4, -0.2) is 27.4 Å². The molecule has 0 aliphatic rings. The summed E-state index contributed by atoms with van der Waals surface area (Å²) in [7, 11) is 0. The Morgan fingerprint density at radius 3 is 2.42 bits per heavy atom. The van der Waals surface area contributed by atoms with Crippen molar-refractivity contribution in [2.45, 2.75) is 4.90 Å². The molecule has 134 valence electrons.